The lowest BCUT2D eigenvalue weighted by molar-refractivity contribution is 0.0552. The lowest BCUT2D eigenvalue weighted by Gasteiger charge is -2.47. The summed E-state index contributed by atoms with van der Waals surface area (Å²) in [4.78, 5) is 8.74. The molecule has 1 spiro atoms. The Bertz CT molecular complexity index is 757. The van der Waals surface area contributed by atoms with Crippen molar-refractivity contribution in [1.82, 2.24) is 19.6 Å². The van der Waals surface area contributed by atoms with Gasteiger partial charge >= 0.3 is 6.01 Å². The van der Waals surface area contributed by atoms with E-state index in [0.717, 1.165) is 30.9 Å². The van der Waals surface area contributed by atoms with Crippen LogP contribution in [0.2, 0.25) is 0 Å². The Kier molecular flexibility index (Phi) is 4.76. The molecule has 0 amide bonds. The highest BCUT2D eigenvalue weighted by atomic mass is 16.5. The van der Waals surface area contributed by atoms with E-state index in [9.17, 15) is 0 Å². The van der Waals surface area contributed by atoms with Crippen molar-refractivity contribution in [2.75, 3.05) is 5.73 Å². The highest BCUT2D eigenvalue weighted by Crippen LogP contribution is 2.53. The summed E-state index contributed by atoms with van der Waals surface area (Å²) >= 11 is 0. The summed E-state index contributed by atoms with van der Waals surface area (Å²) in [5, 5.41) is 4.58. The number of imidazole rings is 1. The Morgan fingerprint density at radius 1 is 1.31 bits per heavy atom. The van der Waals surface area contributed by atoms with Crippen molar-refractivity contribution in [2.24, 2.45) is 11.3 Å². The third-order valence-corrected chi connectivity index (χ3v) is 6.52. The number of anilines is 1. The first-order valence-corrected chi connectivity index (χ1v) is 10.3. The number of nitrogen functional groups attached to an aromatic ring is 1. The van der Waals surface area contributed by atoms with Crippen LogP contribution in [0, 0.1) is 11.3 Å². The molecule has 142 valence electrons. The molecule has 2 fully saturated rings. The molecule has 2 saturated carbocycles. The molecule has 0 radical (unpaired) electrons. The number of aromatic nitrogens is 4. The fraction of sp³-hybridized carbons (Fsp3) is 0.750. The molecule has 4 rings (SSSR count). The zero-order valence-corrected chi connectivity index (χ0v) is 16.1. The van der Waals surface area contributed by atoms with Crippen LogP contribution in [0.1, 0.15) is 77.3 Å². The van der Waals surface area contributed by atoms with Gasteiger partial charge in [-0.3, -0.25) is 0 Å². The maximum atomic E-state index is 6.10. The van der Waals surface area contributed by atoms with Crippen LogP contribution in [-0.4, -0.2) is 25.7 Å². The first-order chi connectivity index (χ1) is 12.6. The number of hydrogen-bond donors (Lipinski definition) is 1. The van der Waals surface area contributed by atoms with E-state index in [1.165, 1.54) is 44.9 Å². The zero-order chi connectivity index (χ0) is 18.1. The normalized spacial score (nSPS) is 21.0. The maximum absolute atomic E-state index is 6.10. The fourth-order valence-corrected chi connectivity index (χ4v) is 4.73. The van der Waals surface area contributed by atoms with E-state index in [2.05, 4.69) is 22.0 Å². The van der Waals surface area contributed by atoms with E-state index < -0.39 is 0 Å². The van der Waals surface area contributed by atoms with E-state index in [1.54, 1.807) is 0 Å². The summed E-state index contributed by atoms with van der Waals surface area (Å²) in [6.07, 6.45) is 14.8. The number of rotatable bonds is 6. The van der Waals surface area contributed by atoms with Gasteiger partial charge in [0, 0.05) is 0 Å². The molecular formula is C20H31N5O. The number of nitrogens with two attached hydrogens (primary N) is 1. The van der Waals surface area contributed by atoms with Crippen LogP contribution in [0.15, 0.2) is 6.20 Å². The molecule has 2 aliphatic carbocycles. The summed E-state index contributed by atoms with van der Waals surface area (Å²) in [7, 11) is 0. The summed E-state index contributed by atoms with van der Waals surface area (Å²) in [6, 6.07) is 0.354. The van der Waals surface area contributed by atoms with Crippen molar-refractivity contribution in [3.05, 3.63) is 11.9 Å². The molecule has 0 unspecified atom stereocenters. The van der Waals surface area contributed by atoms with Crippen LogP contribution in [0.5, 0.6) is 6.01 Å². The molecule has 6 nitrogen and oxygen atoms in total. The SMILES string of the molecule is CCC[C@H](C)Oc1nc(N)c2ncc(CC3CCC4(CCC4)CC3)n2n1. The first-order valence-electron chi connectivity index (χ1n) is 10.3. The van der Waals surface area contributed by atoms with Gasteiger partial charge in [-0.2, -0.15) is 4.98 Å². The highest BCUT2D eigenvalue weighted by Gasteiger charge is 2.40. The molecule has 26 heavy (non-hydrogen) atoms. The third-order valence-electron chi connectivity index (χ3n) is 6.52. The molecule has 1 atom stereocenters. The summed E-state index contributed by atoms with van der Waals surface area (Å²) < 4.78 is 7.71. The average Bonchev–Trinajstić information content (AvgIpc) is 2.98. The maximum Gasteiger partial charge on any atom is 0.336 e. The van der Waals surface area contributed by atoms with Crippen molar-refractivity contribution >= 4 is 11.5 Å². The van der Waals surface area contributed by atoms with Crippen LogP contribution >= 0.6 is 0 Å². The van der Waals surface area contributed by atoms with Gasteiger partial charge < -0.3 is 10.5 Å². The first kappa shape index (κ1) is 17.6. The quantitative estimate of drug-likeness (QED) is 0.839. The molecule has 2 N–H and O–H groups in total. The molecule has 6 heteroatoms. The third kappa shape index (κ3) is 3.38. The predicted molar refractivity (Wildman–Crippen MR) is 102 cm³/mol. The van der Waals surface area contributed by atoms with Crippen molar-refractivity contribution in [3.63, 3.8) is 0 Å². The lowest BCUT2D eigenvalue weighted by atomic mass is 9.59. The second-order valence-corrected chi connectivity index (χ2v) is 8.48. The highest BCUT2D eigenvalue weighted by molar-refractivity contribution is 5.59. The zero-order valence-electron chi connectivity index (χ0n) is 16.1. The van der Waals surface area contributed by atoms with Gasteiger partial charge in [-0.15, -0.1) is 5.10 Å². The van der Waals surface area contributed by atoms with Crippen molar-refractivity contribution in [2.45, 2.75) is 84.2 Å². The summed E-state index contributed by atoms with van der Waals surface area (Å²) in [6.45, 7) is 4.19. The Balaban J connectivity index is 1.49. The molecule has 2 heterocycles. The molecule has 0 aliphatic heterocycles. The monoisotopic (exact) mass is 357 g/mol. The molecular weight excluding hydrogens is 326 g/mol. The minimum atomic E-state index is 0.0841. The number of ether oxygens (including phenoxy) is 1. The average molecular weight is 358 g/mol. The topological polar surface area (TPSA) is 78.3 Å². The molecule has 2 aliphatic rings. The molecule has 0 bridgehead atoms. The Morgan fingerprint density at radius 3 is 2.73 bits per heavy atom. The van der Waals surface area contributed by atoms with Crippen molar-refractivity contribution < 1.29 is 4.74 Å². The van der Waals surface area contributed by atoms with Crippen LogP contribution in [0.4, 0.5) is 5.82 Å². The van der Waals surface area contributed by atoms with E-state index in [0.29, 0.717) is 22.9 Å². The van der Waals surface area contributed by atoms with Gasteiger partial charge in [0.1, 0.15) is 0 Å². The predicted octanol–water partition coefficient (Wildman–Crippen LogP) is 4.18. The minimum Gasteiger partial charge on any atom is -0.459 e. The number of fused-ring (bicyclic) bond motifs is 1. The van der Waals surface area contributed by atoms with Crippen LogP contribution in [-0.2, 0) is 6.42 Å². The molecule has 2 aromatic rings. The number of nitrogens with zero attached hydrogens (tertiary/aromatic N) is 4. The summed E-state index contributed by atoms with van der Waals surface area (Å²) in [5.41, 5.74) is 8.57. The van der Waals surface area contributed by atoms with Gasteiger partial charge in [0.15, 0.2) is 11.5 Å². The van der Waals surface area contributed by atoms with Crippen molar-refractivity contribution in [1.29, 1.82) is 0 Å². The van der Waals surface area contributed by atoms with Gasteiger partial charge in [-0.05, 0) is 69.6 Å². The van der Waals surface area contributed by atoms with E-state index in [-0.39, 0.29) is 6.10 Å². The van der Waals surface area contributed by atoms with Crippen LogP contribution in [0.3, 0.4) is 0 Å². The van der Waals surface area contributed by atoms with Gasteiger partial charge in [0.2, 0.25) is 0 Å². The second kappa shape index (κ2) is 7.05. The van der Waals surface area contributed by atoms with Crippen LogP contribution in [0.25, 0.3) is 5.65 Å². The Labute approximate surface area is 155 Å². The Morgan fingerprint density at radius 2 is 2.08 bits per heavy atom. The van der Waals surface area contributed by atoms with E-state index in [4.69, 9.17) is 10.5 Å². The minimum absolute atomic E-state index is 0.0841. The Hall–Kier alpha value is -1.85. The van der Waals surface area contributed by atoms with Gasteiger partial charge in [-0.1, -0.05) is 19.8 Å². The van der Waals surface area contributed by atoms with Crippen molar-refractivity contribution in [3.8, 4) is 6.01 Å². The number of hydrogen-bond acceptors (Lipinski definition) is 5. The molecule has 2 aromatic heterocycles. The van der Waals surface area contributed by atoms with Gasteiger partial charge in [0.25, 0.3) is 0 Å². The summed E-state index contributed by atoms with van der Waals surface area (Å²) in [5.74, 6) is 1.11. The van der Waals surface area contributed by atoms with E-state index >= 15 is 0 Å². The van der Waals surface area contributed by atoms with Crippen LogP contribution < -0.4 is 10.5 Å². The smallest absolute Gasteiger partial charge is 0.336 e. The lowest BCUT2D eigenvalue weighted by Crippen LogP contribution is -2.34. The standard InChI is InChI=1S/C20H31N5O/c1-3-5-14(2)26-19-23-17(21)18-22-13-16(25(18)24-19)12-15-6-10-20(11-7-15)8-4-9-20/h13-15H,3-12H2,1-2H3,(H2,21,23,24)/t14-/m0/s1. The molecule has 0 saturated heterocycles. The van der Waals surface area contributed by atoms with Gasteiger partial charge in [-0.25, -0.2) is 9.50 Å². The largest absolute Gasteiger partial charge is 0.459 e. The van der Waals surface area contributed by atoms with Gasteiger partial charge in [0.05, 0.1) is 18.0 Å². The fourth-order valence-electron chi connectivity index (χ4n) is 4.73. The second-order valence-electron chi connectivity index (χ2n) is 8.48. The molecule has 0 aromatic carbocycles. The van der Waals surface area contributed by atoms with E-state index in [1.807, 2.05) is 17.6 Å².